The number of hydrogen-bond donors (Lipinski definition) is 2. The minimum atomic E-state index is -0.474. The Morgan fingerprint density at radius 3 is 2.93 bits per heavy atom. The van der Waals surface area contributed by atoms with Gasteiger partial charge in [0, 0.05) is 28.0 Å². The van der Waals surface area contributed by atoms with Gasteiger partial charge in [-0.2, -0.15) is 0 Å². The molecule has 29 heavy (non-hydrogen) atoms. The fourth-order valence-corrected chi connectivity index (χ4v) is 5.09. The fraction of sp³-hybridized carbons (Fsp3) is 0.333. The molecule has 1 aliphatic heterocycles. The number of nitrogen functional groups attached to an aromatic ring is 1. The number of nitrogens with zero attached hydrogens (tertiary/aromatic N) is 2. The number of rotatable bonds is 5. The predicted molar refractivity (Wildman–Crippen MR) is 108 cm³/mol. The molecular weight excluding hydrogens is 395 g/mol. The number of halogens is 2. The molecule has 1 spiro atoms. The number of nitrogens with one attached hydrogen (secondary N) is 1. The molecule has 3 N–H and O–H groups in total. The maximum Gasteiger partial charge on any atom is 0.144 e. The SMILES string of the molecule is Nc1cc2c(Nc3ccc(F)c(Cl)c3)ncnc2cc1OC[C@]12COCC13CC32. The van der Waals surface area contributed by atoms with Crippen LogP contribution in [0.1, 0.15) is 6.42 Å². The lowest BCUT2D eigenvalue weighted by molar-refractivity contribution is 0.114. The molecule has 2 unspecified atom stereocenters. The molecule has 8 heteroatoms. The van der Waals surface area contributed by atoms with Crippen molar-refractivity contribution >= 4 is 39.7 Å². The topological polar surface area (TPSA) is 82.3 Å². The maximum absolute atomic E-state index is 13.4. The van der Waals surface area contributed by atoms with Crippen LogP contribution in [0.2, 0.25) is 5.02 Å². The van der Waals surface area contributed by atoms with Gasteiger partial charge in [-0.15, -0.1) is 0 Å². The van der Waals surface area contributed by atoms with E-state index in [9.17, 15) is 4.39 Å². The third kappa shape index (κ3) is 2.37. The van der Waals surface area contributed by atoms with Gasteiger partial charge >= 0.3 is 0 Å². The van der Waals surface area contributed by atoms with E-state index in [-0.39, 0.29) is 10.4 Å². The summed E-state index contributed by atoms with van der Waals surface area (Å²) in [6, 6.07) is 8.03. The van der Waals surface area contributed by atoms with E-state index in [1.54, 1.807) is 12.1 Å². The van der Waals surface area contributed by atoms with Gasteiger partial charge in [-0.05, 0) is 36.6 Å². The first-order valence-electron chi connectivity index (χ1n) is 9.49. The van der Waals surface area contributed by atoms with E-state index >= 15 is 0 Å². The smallest absolute Gasteiger partial charge is 0.144 e. The van der Waals surface area contributed by atoms with E-state index in [0.717, 1.165) is 24.5 Å². The molecule has 0 radical (unpaired) electrons. The van der Waals surface area contributed by atoms with Crippen LogP contribution in [-0.4, -0.2) is 29.8 Å². The summed E-state index contributed by atoms with van der Waals surface area (Å²) in [5, 5.41) is 3.93. The monoisotopic (exact) mass is 412 g/mol. The number of benzene rings is 2. The summed E-state index contributed by atoms with van der Waals surface area (Å²) < 4.78 is 25.2. The Morgan fingerprint density at radius 2 is 2.17 bits per heavy atom. The lowest BCUT2D eigenvalue weighted by Gasteiger charge is -2.21. The van der Waals surface area contributed by atoms with Crippen LogP contribution in [0, 0.1) is 22.6 Å². The van der Waals surface area contributed by atoms with Gasteiger partial charge in [0.25, 0.3) is 0 Å². The van der Waals surface area contributed by atoms with Crippen LogP contribution in [0.4, 0.5) is 21.6 Å². The zero-order valence-electron chi connectivity index (χ0n) is 15.4. The highest BCUT2D eigenvalue weighted by molar-refractivity contribution is 6.31. The van der Waals surface area contributed by atoms with Gasteiger partial charge in [0.2, 0.25) is 0 Å². The quantitative estimate of drug-likeness (QED) is 0.612. The number of ether oxygens (including phenoxy) is 2. The molecule has 3 aliphatic rings. The summed E-state index contributed by atoms with van der Waals surface area (Å²) in [7, 11) is 0. The summed E-state index contributed by atoms with van der Waals surface area (Å²) >= 11 is 5.87. The molecule has 1 saturated heterocycles. The lowest BCUT2D eigenvalue weighted by atomic mass is 9.92. The average molecular weight is 413 g/mol. The van der Waals surface area contributed by atoms with Gasteiger partial charge < -0.3 is 20.5 Å². The van der Waals surface area contributed by atoms with Gasteiger partial charge in [-0.1, -0.05) is 11.6 Å². The Bertz CT molecular complexity index is 1170. The Kier molecular flexibility index (Phi) is 3.39. The molecule has 3 atom stereocenters. The number of hydrogen-bond acceptors (Lipinski definition) is 6. The number of nitrogens with two attached hydrogens (primary N) is 1. The van der Waals surface area contributed by atoms with Crippen LogP contribution >= 0.6 is 11.6 Å². The predicted octanol–water partition coefficient (Wildman–Crippen LogP) is 4.16. The van der Waals surface area contributed by atoms with E-state index in [2.05, 4.69) is 15.3 Å². The highest BCUT2D eigenvalue weighted by atomic mass is 35.5. The van der Waals surface area contributed by atoms with Gasteiger partial charge in [0.1, 0.15) is 23.7 Å². The Hall–Kier alpha value is -2.64. The molecule has 2 aromatic carbocycles. The minimum absolute atomic E-state index is 0.0368. The standard InChI is InChI=1S/C21H18ClFN4O2/c22-13-3-11(1-2-14(13)23)27-19-12-4-15(24)17(5-16(12)25-10-26-19)29-9-21-8-28-7-20(21)6-18(20)21/h1-5,10,18H,6-9,24H2,(H,25,26,27)/t18?,20?,21-/m0/s1. The van der Waals surface area contributed by atoms with Crippen molar-refractivity contribution in [2.75, 3.05) is 30.9 Å². The summed E-state index contributed by atoms with van der Waals surface area (Å²) in [5.74, 6) is 1.46. The van der Waals surface area contributed by atoms with Crippen LogP contribution in [0.5, 0.6) is 5.75 Å². The van der Waals surface area contributed by atoms with Gasteiger partial charge in [-0.3, -0.25) is 0 Å². The zero-order valence-corrected chi connectivity index (χ0v) is 16.2. The third-order valence-electron chi connectivity index (χ3n) is 6.80. The van der Waals surface area contributed by atoms with Gasteiger partial charge in [-0.25, -0.2) is 14.4 Å². The van der Waals surface area contributed by atoms with Crippen LogP contribution in [0.3, 0.4) is 0 Å². The van der Waals surface area contributed by atoms with Crippen LogP contribution in [0.25, 0.3) is 10.9 Å². The molecule has 6 rings (SSSR count). The van der Waals surface area contributed by atoms with Crippen molar-refractivity contribution < 1.29 is 13.9 Å². The molecule has 148 valence electrons. The lowest BCUT2D eigenvalue weighted by Crippen LogP contribution is -2.25. The second kappa shape index (κ2) is 5.70. The van der Waals surface area contributed by atoms with E-state index in [1.165, 1.54) is 24.9 Å². The summed E-state index contributed by atoms with van der Waals surface area (Å²) in [6.07, 6.45) is 2.73. The van der Waals surface area contributed by atoms with Crippen molar-refractivity contribution in [3.63, 3.8) is 0 Å². The van der Waals surface area contributed by atoms with Crippen LogP contribution in [0.15, 0.2) is 36.7 Å². The molecule has 0 amide bonds. The Balaban J connectivity index is 1.27. The molecule has 2 heterocycles. The molecule has 2 saturated carbocycles. The third-order valence-corrected chi connectivity index (χ3v) is 7.09. The summed E-state index contributed by atoms with van der Waals surface area (Å²) in [6.45, 7) is 2.27. The van der Waals surface area contributed by atoms with Gasteiger partial charge in [0.05, 0.1) is 36.0 Å². The molecule has 1 aromatic heterocycles. The first kappa shape index (κ1) is 17.2. The second-order valence-corrected chi connectivity index (χ2v) is 8.64. The molecule has 3 aromatic rings. The van der Waals surface area contributed by atoms with Crippen molar-refractivity contribution in [2.45, 2.75) is 6.42 Å². The summed E-state index contributed by atoms with van der Waals surface area (Å²) in [4.78, 5) is 8.64. The number of fused-ring (bicyclic) bond motifs is 2. The molecule has 3 fully saturated rings. The zero-order chi connectivity index (χ0) is 19.8. The van der Waals surface area contributed by atoms with E-state index < -0.39 is 5.82 Å². The van der Waals surface area contributed by atoms with E-state index in [0.29, 0.717) is 40.5 Å². The van der Waals surface area contributed by atoms with Crippen molar-refractivity contribution in [3.8, 4) is 5.75 Å². The molecule has 0 bridgehead atoms. The molecule has 2 aliphatic carbocycles. The summed E-state index contributed by atoms with van der Waals surface area (Å²) in [5.41, 5.74) is 8.68. The Morgan fingerprint density at radius 1 is 1.28 bits per heavy atom. The first-order chi connectivity index (χ1) is 14.0. The highest BCUT2D eigenvalue weighted by Crippen LogP contribution is 2.90. The molecule has 6 nitrogen and oxygen atoms in total. The second-order valence-electron chi connectivity index (χ2n) is 8.23. The number of aromatic nitrogens is 2. The van der Waals surface area contributed by atoms with Gasteiger partial charge in [0.15, 0.2) is 0 Å². The normalized spacial score (nSPS) is 28.7. The first-order valence-corrected chi connectivity index (χ1v) is 9.87. The van der Waals surface area contributed by atoms with Crippen LogP contribution in [-0.2, 0) is 4.74 Å². The van der Waals surface area contributed by atoms with Crippen molar-refractivity contribution in [3.05, 3.63) is 47.5 Å². The maximum atomic E-state index is 13.4. The van der Waals surface area contributed by atoms with E-state index in [1.807, 2.05) is 6.07 Å². The average Bonchev–Trinajstić information content (AvgIpc) is 3.53. The van der Waals surface area contributed by atoms with Crippen molar-refractivity contribution in [1.82, 2.24) is 9.97 Å². The Labute approximate surface area is 171 Å². The highest BCUT2D eigenvalue weighted by Gasteiger charge is 2.91. The fourth-order valence-electron chi connectivity index (χ4n) is 4.90. The number of anilines is 3. The molecular formula is C21H18ClFN4O2. The van der Waals surface area contributed by atoms with Crippen LogP contribution < -0.4 is 15.8 Å². The van der Waals surface area contributed by atoms with Crippen molar-refractivity contribution in [1.29, 1.82) is 0 Å². The van der Waals surface area contributed by atoms with Crippen molar-refractivity contribution in [2.24, 2.45) is 16.7 Å². The van der Waals surface area contributed by atoms with E-state index in [4.69, 9.17) is 26.8 Å². The minimum Gasteiger partial charge on any atom is -0.491 e. The largest absolute Gasteiger partial charge is 0.491 e.